The highest BCUT2D eigenvalue weighted by Crippen LogP contribution is 2.37. The molecule has 0 aromatic heterocycles. The van der Waals surface area contributed by atoms with Crippen molar-refractivity contribution in [3.05, 3.63) is 0 Å². The van der Waals surface area contributed by atoms with Crippen LogP contribution in [0.25, 0.3) is 0 Å². The van der Waals surface area contributed by atoms with Gasteiger partial charge in [-0.3, -0.25) is 0 Å². The normalized spacial score (nSPS) is 21.7. The van der Waals surface area contributed by atoms with Crippen molar-refractivity contribution in [2.75, 3.05) is 18.5 Å². The van der Waals surface area contributed by atoms with E-state index in [1.54, 1.807) is 0 Å². The van der Waals surface area contributed by atoms with E-state index in [9.17, 15) is 0 Å². The molecule has 1 nitrogen and oxygen atoms in total. The molecular weight excluding hydrogens is 228 g/mol. The molecule has 0 aromatic rings. The molecule has 1 fully saturated rings. The van der Waals surface area contributed by atoms with Crippen molar-refractivity contribution in [2.24, 2.45) is 5.41 Å². The maximum atomic E-state index is 5.41. The number of hydrogen-bond donors (Lipinski definition) is 0. The fourth-order valence-electron chi connectivity index (χ4n) is 2.00. The number of alkyl halides is 1. The smallest absolute Gasteiger partial charge is 0.0471 e. The third-order valence-corrected chi connectivity index (χ3v) is 4.34. The highest BCUT2D eigenvalue weighted by Gasteiger charge is 2.30. The van der Waals surface area contributed by atoms with E-state index in [0.29, 0.717) is 5.41 Å². The molecule has 1 rings (SSSR count). The number of hydrogen-bond acceptors (Lipinski definition) is 1. The minimum atomic E-state index is 0.563. The first-order valence-electron chi connectivity index (χ1n) is 5.47. The van der Waals surface area contributed by atoms with E-state index in [-0.39, 0.29) is 0 Å². The molecule has 1 aliphatic rings. The second-order valence-corrected chi connectivity index (χ2v) is 4.76. The fourth-order valence-corrected chi connectivity index (χ4v) is 2.85. The van der Waals surface area contributed by atoms with Crippen LogP contribution in [0.1, 0.15) is 45.4 Å². The highest BCUT2D eigenvalue weighted by molar-refractivity contribution is 9.09. The maximum absolute atomic E-state index is 5.41. The number of halogens is 1. The Morgan fingerprint density at radius 1 is 1.23 bits per heavy atom. The lowest BCUT2D eigenvalue weighted by atomic mass is 9.78. The topological polar surface area (TPSA) is 9.23 Å². The summed E-state index contributed by atoms with van der Waals surface area (Å²) in [6.45, 7) is 4.21. The van der Waals surface area contributed by atoms with Crippen LogP contribution in [0.2, 0.25) is 0 Å². The van der Waals surface area contributed by atoms with Gasteiger partial charge in [0.05, 0.1) is 0 Å². The van der Waals surface area contributed by atoms with Crippen LogP contribution in [-0.2, 0) is 4.74 Å². The third-order valence-electron chi connectivity index (χ3n) is 3.15. The average Bonchev–Trinajstić information content (AvgIpc) is 2.20. The lowest BCUT2D eigenvalue weighted by molar-refractivity contribution is 0.0216. The molecule has 0 aromatic carbocycles. The summed E-state index contributed by atoms with van der Waals surface area (Å²) >= 11 is 3.66. The van der Waals surface area contributed by atoms with Crippen LogP contribution in [0.4, 0.5) is 0 Å². The molecule has 2 heteroatoms. The molecule has 0 aliphatic carbocycles. The van der Waals surface area contributed by atoms with Gasteiger partial charge in [-0.2, -0.15) is 0 Å². The first-order valence-corrected chi connectivity index (χ1v) is 6.59. The molecule has 0 bridgehead atoms. The Kier molecular flexibility index (Phi) is 5.34. The van der Waals surface area contributed by atoms with Crippen LogP contribution in [-0.4, -0.2) is 18.5 Å². The summed E-state index contributed by atoms with van der Waals surface area (Å²) in [5, 5.41) is 1.16. The van der Waals surface area contributed by atoms with Gasteiger partial charge in [0.1, 0.15) is 0 Å². The summed E-state index contributed by atoms with van der Waals surface area (Å²) in [6.07, 6.45) is 7.99. The minimum absolute atomic E-state index is 0.563. The van der Waals surface area contributed by atoms with E-state index in [0.717, 1.165) is 18.5 Å². The SMILES string of the molecule is CCCCCC1(CBr)CCOCC1. The molecule has 0 spiro atoms. The quantitative estimate of drug-likeness (QED) is 0.532. The molecule has 78 valence electrons. The van der Waals surface area contributed by atoms with Crippen LogP contribution >= 0.6 is 15.9 Å². The van der Waals surface area contributed by atoms with Crippen molar-refractivity contribution >= 4 is 15.9 Å². The Hall–Kier alpha value is 0.440. The number of ether oxygens (including phenoxy) is 1. The zero-order valence-electron chi connectivity index (χ0n) is 8.65. The van der Waals surface area contributed by atoms with Crippen molar-refractivity contribution in [3.63, 3.8) is 0 Å². The van der Waals surface area contributed by atoms with Gasteiger partial charge in [0.2, 0.25) is 0 Å². The largest absolute Gasteiger partial charge is 0.381 e. The number of unbranched alkanes of at least 4 members (excludes halogenated alkanes) is 2. The first-order chi connectivity index (χ1) is 6.33. The van der Waals surface area contributed by atoms with Gasteiger partial charge in [-0.25, -0.2) is 0 Å². The molecule has 1 aliphatic heterocycles. The molecule has 0 amide bonds. The van der Waals surface area contributed by atoms with E-state index in [1.807, 2.05) is 0 Å². The monoisotopic (exact) mass is 248 g/mol. The molecule has 13 heavy (non-hydrogen) atoms. The van der Waals surface area contributed by atoms with E-state index >= 15 is 0 Å². The summed E-state index contributed by atoms with van der Waals surface area (Å²) < 4.78 is 5.41. The van der Waals surface area contributed by atoms with Crippen molar-refractivity contribution in [1.82, 2.24) is 0 Å². The summed E-state index contributed by atoms with van der Waals surface area (Å²) in [5.74, 6) is 0. The van der Waals surface area contributed by atoms with Crippen molar-refractivity contribution in [2.45, 2.75) is 45.4 Å². The first kappa shape index (κ1) is 11.5. The predicted molar refractivity (Wildman–Crippen MR) is 60.4 cm³/mol. The van der Waals surface area contributed by atoms with E-state index in [1.165, 1.54) is 38.5 Å². The second-order valence-electron chi connectivity index (χ2n) is 4.20. The summed E-state index contributed by atoms with van der Waals surface area (Å²) in [7, 11) is 0. The Morgan fingerprint density at radius 2 is 1.92 bits per heavy atom. The zero-order chi connectivity index (χ0) is 9.57. The lowest BCUT2D eigenvalue weighted by Crippen LogP contribution is -2.31. The van der Waals surface area contributed by atoms with Crippen LogP contribution in [0, 0.1) is 5.41 Å². The average molecular weight is 249 g/mol. The van der Waals surface area contributed by atoms with E-state index < -0.39 is 0 Å². The fraction of sp³-hybridized carbons (Fsp3) is 1.00. The van der Waals surface area contributed by atoms with Crippen molar-refractivity contribution in [1.29, 1.82) is 0 Å². The van der Waals surface area contributed by atoms with Crippen LogP contribution in [0.5, 0.6) is 0 Å². The summed E-state index contributed by atoms with van der Waals surface area (Å²) in [4.78, 5) is 0. The minimum Gasteiger partial charge on any atom is -0.381 e. The predicted octanol–water partition coefficient (Wildman–Crippen LogP) is 3.76. The van der Waals surface area contributed by atoms with Gasteiger partial charge in [0.15, 0.2) is 0 Å². The Morgan fingerprint density at radius 3 is 2.46 bits per heavy atom. The molecule has 0 saturated carbocycles. The molecule has 0 unspecified atom stereocenters. The van der Waals surface area contributed by atoms with Crippen LogP contribution in [0.3, 0.4) is 0 Å². The highest BCUT2D eigenvalue weighted by atomic mass is 79.9. The van der Waals surface area contributed by atoms with Crippen molar-refractivity contribution < 1.29 is 4.74 Å². The summed E-state index contributed by atoms with van der Waals surface area (Å²) in [6, 6.07) is 0. The summed E-state index contributed by atoms with van der Waals surface area (Å²) in [5.41, 5.74) is 0.563. The molecule has 1 heterocycles. The standard InChI is InChI=1S/C11H21BrO/c1-2-3-4-5-11(10-12)6-8-13-9-7-11/h2-10H2,1H3. The zero-order valence-corrected chi connectivity index (χ0v) is 10.2. The van der Waals surface area contributed by atoms with Gasteiger partial charge in [-0.1, -0.05) is 42.1 Å². The molecule has 0 atom stereocenters. The number of rotatable bonds is 5. The van der Waals surface area contributed by atoms with Gasteiger partial charge in [-0.15, -0.1) is 0 Å². The Labute approximate surface area is 90.4 Å². The molecule has 1 saturated heterocycles. The van der Waals surface area contributed by atoms with Gasteiger partial charge in [-0.05, 0) is 24.7 Å². The van der Waals surface area contributed by atoms with E-state index in [2.05, 4.69) is 22.9 Å². The molecule has 0 N–H and O–H groups in total. The Balaban J connectivity index is 2.29. The molecule has 0 radical (unpaired) electrons. The van der Waals surface area contributed by atoms with Crippen molar-refractivity contribution in [3.8, 4) is 0 Å². The van der Waals surface area contributed by atoms with Gasteiger partial charge in [0.25, 0.3) is 0 Å². The second kappa shape index (κ2) is 6.02. The third kappa shape index (κ3) is 3.59. The van der Waals surface area contributed by atoms with Crippen LogP contribution in [0.15, 0.2) is 0 Å². The van der Waals surface area contributed by atoms with Crippen LogP contribution < -0.4 is 0 Å². The maximum Gasteiger partial charge on any atom is 0.0471 e. The molecular formula is C11H21BrO. The van der Waals surface area contributed by atoms with Gasteiger partial charge in [0, 0.05) is 18.5 Å². The Bertz CT molecular complexity index is 130. The van der Waals surface area contributed by atoms with Gasteiger partial charge < -0.3 is 4.74 Å². The van der Waals surface area contributed by atoms with E-state index in [4.69, 9.17) is 4.74 Å². The lowest BCUT2D eigenvalue weighted by Gasteiger charge is -2.35. The van der Waals surface area contributed by atoms with Gasteiger partial charge >= 0.3 is 0 Å².